The van der Waals surface area contributed by atoms with Gasteiger partial charge >= 0.3 is 0 Å². The Morgan fingerprint density at radius 3 is 2.67 bits per heavy atom. The van der Waals surface area contributed by atoms with Gasteiger partial charge in [0.1, 0.15) is 10.0 Å². The minimum absolute atomic E-state index is 0.226. The van der Waals surface area contributed by atoms with Crippen LogP contribution in [0, 0.1) is 0 Å². The monoisotopic (exact) mass is 424 g/mol. The molecule has 1 aliphatic heterocycles. The fourth-order valence-corrected chi connectivity index (χ4v) is 5.85. The average Bonchev–Trinajstić information content (AvgIpc) is 3.18. The van der Waals surface area contributed by atoms with E-state index in [0.29, 0.717) is 58.7 Å². The lowest BCUT2D eigenvalue weighted by molar-refractivity contribution is 0.178. The summed E-state index contributed by atoms with van der Waals surface area (Å²) in [4.78, 5) is 21.6. The van der Waals surface area contributed by atoms with E-state index in [4.69, 9.17) is 11.6 Å². The zero-order valence-corrected chi connectivity index (χ0v) is 16.6. The van der Waals surface area contributed by atoms with Crippen molar-refractivity contribution >= 4 is 43.9 Å². The first-order valence-corrected chi connectivity index (χ1v) is 11.1. The summed E-state index contributed by atoms with van der Waals surface area (Å²) < 4.78 is 27.0. The van der Waals surface area contributed by atoms with Crippen LogP contribution in [0.3, 0.4) is 0 Å². The minimum Gasteiger partial charge on any atom is -0.309 e. The highest BCUT2D eigenvalue weighted by Gasteiger charge is 2.29. The largest absolute Gasteiger partial charge is 0.309 e. The smallest absolute Gasteiger partial charge is 0.258 e. The highest BCUT2D eigenvalue weighted by atomic mass is 35.5. The lowest BCUT2D eigenvalue weighted by Gasteiger charge is -2.33. The number of aromatic nitrogens is 2. The van der Waals surface area contributed by atoms with Crippen molar-refractivity contribution in [1.82, 2.24) is 19.2 Å². The Morgan fingerprint density at radius 2 is 1.96 bits per heavy atom. The van der Waals surface area contributed by atoms with Gasteiger partial charge in [-0.1, -0.05) is 17.7 Å². The third-order valence-corrected chi connectivity index (χ3v) is 8.02. The second-order valence-corrected chi connectivity index (χ2v) is 9.84. The van der Waals surface area contributed by atoms with Crippen LogP contribution in [0.1, 0.15) is 5.82 Å². The maximum Gasteiger partial charge on any atom is 0.258 e. The number of rotatable bonds is 4. The summed E-state index contributed by atoms with van der Waals surface area (Å²) in [6, 6.07) is 8.39. The number of nitrogens with one attached hydrogen (secondary N) is 1. The summed E-state index contributed by atoms with van der Waals surface area (Å²) in [6.45, 7) is 2.43. The van der Waals surface area contributed by atoms with Crippen molar-refractivity contribution in [2.24, 2.45) is 0 Å². The minimum atomic E-state index is -3.42. The summed E-state index contributed by atoms with van der Waals surface area (Å²) in [7, 11) is -3.42. The third kappa shape index (κ3) is 3.78. The van der Waals surface area contributed by atoms with Gasteiger partial charge in [0.2, 0.25) is 0 Å². The molecule has 4 rings (SSSR count). The summed E-state index contributed by atoms with van der Waals surface area (Å²) in [5.41, 5.74) is 0.369. The molecule has 1 fully saturated rings. The van der Waals surface area contributed by atoms with Crippen molar-refractivity contribution in [3.05, 3.63) is 56.9 Å². The molecule has 0 radical (unpaired) electrons. The average molecular weight is 425 g/mol. The molecule has 142 valence electrons. The first kappa shape index (κ1) is 18.6. The molecule has 0 saturated carbocycles. The van der Waals surface area contributed by atoms with Crippen LogP contribution in [0.5, 0.6) is 0 Å². The molecule has 0 bridgehead atoms. The number of sulfonamides is 1. The van der Waals surface area contributed by atoms with E-state index in [1.54, 1.807) is 35.7 Å². The van der Waals surface area contributed by atoms with Crippen LogP contribution in [-0.2, 0) is 16.6 Å². The summed E-state index contributed by atoms with van der Waals surface area (Å²) >= 11 is 7.16. The van der Waals surface area contributed by atoms with Gasteiger partial charge in [0.15, 0.2) is 0 Å². The molecular weight excluding hydrogens is 408 g/mol. The Hall–Kier alpha value is -1.78. The molecule has 0 atom stereocenters. The van der Waals surface area contributed by atoms with Gasteiger partial charge in [-0.05, 0) is 29.6 Å². The number of H-pyrrole nitrogens is 1. The van der Waals surface area contributed by atoms with Crippen LogP contribution >= 0.6 is 22.9 Å². The molecule has 1 N–H and O–H groups in total. The van der Waals surface area contributed by atoms with Crippen molar-refractivity contribution in [3.63, 3.8) is 0 Å². The van der Waals surface area contributed by atoms with Crippen LogP contribution < -0.4 is 5.56 Å². The molecule has 3 heterocycles. The van der Waals surface area contributed by atoms with E-state index in [1.807, 2.05) is 0 Å². The van der Waals surface area contributed by atoms with Crippen LogP contribution in [-0.4, -0.2) is 53.8 Å². The van der Waals surface area contributed by atoms with Crippen molar-refractivity contribution in [3.8, 4) is 0 Å². The molecule has 1 saturated heterocycles. The van der Waals surface area contributed by atoms with E-state index in [9.17, 15) is 13.2 Å². The van der Waals surface area contributed by atoms with Gasteiger partial charge in [-0.25, -0.2) is 13.4 Å². The predicted octanol–water partition coefficient (Wildman–Crippen LogP) is 2.14. The number of hydrogen-bond acceptors (Lipinski definition) is 6. The van der Waals surface area contributed by atoms with E-state index in [2.05, 4.69) is 14.9 Å². The molecule has 0 amide bonds. The molecule has 2 aromatic heterocycles. The number of thiophene rings is 1. The molecule has 0 spiro atoms. The Morgan fingerprint density at radius 1 is 1.19 bits per heavy atom. The maximum absolute atomic E-state index is 12.6. The Labute approximate surface area is 165 Å². The number of aromatic amines is 1. The maximum atomic E-state index is 12.6. The van der Waals surface area contributed by atoms with E-state index < -0.39 is 10.0 Å². The van der Waals surface area contributed by atoms with Gasteiger partial charge in [0.25, 0.3) is 15.6 Å². The van der Waals surface area contributed by atoms with E-state index >= 15 is 0 Å². The Kier molecular flexibility index (Phi) is 5.04. The quantitative estimate of drug-likeness (QED) is 0.693. The summed E-state index contributed by atoms with van der Waals surface area (Å²) in [6.07, 6.45) is 0. The number of halogens is 1. The summed E-state index contributed by atoms with van der Waals surface area (Å²) in [5.74, 6) is 0.560. The second kappa shape index (κ2) is 7.33. The van der Waals surface area contributed by atoms with Crippen molar-refractivity contribution < 1.29 is 8.42 Å². The van der Waals surface area contributed by atoms with Gasteiger partial charge in [-0.15, -0.1) is 11.3 Å². The van der Waals surface area contributed by atoms with E-state index in [-0.39, 0.29) is 5.56 Å². The normalized spacial score (nSPS) is 16.8. The van der Waals surface area contributed by atoms with Gasteiger partial charge in [0, 0.05) is 31.2 Å². The predicted molar refractivity (Wildman–Crippen MR) is 106 cm³/mol. The second-order valence-electron chi connectivity index (χ2n) is 6.29. The lowest BCUT2D eigenvalue weighted by Crippen LogP contribution is -2.48. The number of hydrogen-bond donors (Lipinski definition) is 1. The molecule has 10 heteroatoms. The van der Waals surface area contributed by atoms with Crippen LogP contribution in [0.4, 0.5) is 0 Å². The standard InChI is InChI=1S/C17H17ClN4O3S2/c18-12-3-4-14-13(10-12)17(23)20-15(19-14)11-21-5-7-22(8-6-21)27(24,25)16-2-1-9-26-16/h1-4,9-10H,5-8,11H2,(H,19,20,23). The fraction of sp³-hybridized carbons (Fsp3) is 0.294. The Balaban J connectivity index is 1.46. The Bertz CT molecular complexity index is 1120. The fourth-order valence-electron chi connectivity index (χ4n) is 3.11. The third-order valence-electron chi connectivity index (χ3n) is 4.51. The van der Waals surface area contributed by atoms with Gasteiger partial charge < -0.3 is 4.98 Å². The highest BCUT2D eigenvalue weighted by Crippen LogP contribution is 2.22. The molecule has 7 nitrogen and oxygen atoms in total. The topological polar surface area (TPSA) is 86.4 Å². The highest BCUT2D eigenvalue weighted by molar-refractivity contribution is 7.91. The van der Waals surface area contributed by atoms with Crippen molar-refractivity contribution in [1.29, 1.82) is 0 Å². The van der Waals surface area contributed by atoms with Gasteiger partial charge in [0.05, 0.1) is 17.4 Å². The summed E-state index contributed by atoms with van der Waals surface area (Å²) in [5, 5.41) is 2.71. The number of piperazine rings is 1. The van der Waals surface area contributed by atoms with Gasteiger partial charge in [-0.3, -0.25) is 9.69 Å². The SMILES string of the molecule is O=c1[nH]c(CN2CCN(S(=O)(=O)c3cccs3)CC2)nc2ccc(Cl)cc12. The molecule has 1 aliphatic rings. The van der Waals surface area contributed by atoms with Crippen molar-refractivity contribution in [2.75, 3.05) is 26.2 Å². The zero-order valence-electron chi connectivity index (χ0n) is 14.3. The zero-order chi connectivity index (χ0) is 19.0. The molecular formula is C17H17ClN4O3S2. The molecule has 27 heavy (non-hydrogen) atoms. The molecule has 1 aromatic carbocycles. The van der Waals surface area contributed by atoms with Crippen LogP contribution in [0.15, 0.2) is 44.7 Å². The van der Waals surface area contributed by atoms with Crippen molar-refractivity contribution in [2.45, 2.75) is 10.8 Å². The molecule has 0 unspecified atom stereocenters. The van der Waals surface area contributed by atoms with Gasteiger partial charge in [-0.2, -0.15) is 4.31 Å². The van der Waals surface area contributed by atoms with Crippen LogP contribution in [0.25, 0.3) is 10.9 Å². The number of fused-ring (bicyclic) bond motifs is 1. The lowest BCUT2D eigenvalue weighted by atomic mass is 10.2. The number of nitrogens with zero attached hydrogens (tertiary/aromatic N) is 3. The number of benzene rings is 1. The van der Waals surface area contributed by atoms with Crippen LogP contribution in [0.2, 0.25) is 5.02 Å². The van der Waals surface area contributed by atoms with E-state index in [0.717, 1.165) is 0 Å². The van der Waals surface area contributed by atoms with E-state index in [1.165, 1.54) is 15.6 Å². The molecule has 3 aromatic rings. The first-order chi connectivity index (χ1) is 12.9. The first-order valence-electron chi connectivity index (χ1n) is 8.38. The molecule has 0 aliphatic carbocycles.